The maximum Gasteiger partial charge on any atom is 0.312 e. The van der Waals surface area contributed by atoms with Gasteiger partial charge in [0.15, 0.2) is 17.3 Å². The molecule has 5 rings (SSSR count). The molecule has 3 heterocycles. The van der Waals surface area contributed by atoms with Crippen molar-refractivity contribution in [1.29, 1.82) is 0 Å². The number of halogens is 2. The van der Waals surface area contributed by atoms with Crippen molar-refractivity contribution < 1.29 is 28.3 Å². The first-order valence-electron chi connectivity index (χ1n) is 11.5. The molecule has 2 aromatic rings. The Morgan fingerprint density at radius 3 is 2.42 bits per heavy atom. The van der Waals surface area contributed by atoms with Crippen LogP contribution in [0.25, 0.3) is 0 Å². The van der Waals surface area contributed by atoms with Crippen LogP contribution in [-0.4, -0.2) is 63.3 Å². The molecule has 1 aromatic heterocycles. The predicted octanol–water partition coefficient (Wildman–Crippen LogP) is 1.10. The molecular formula is C24H27F2N5O5. The molecule has 0 atom stereocenters. The first-order chi connectivity index (χ1) is 17.0. The number of rotatable bonds is 4. The van der Waals surface area contributed by atoms with Crippen molar-refractivity contribution in [2.24, 2.45) is 5.92 Å². The Balaban J connectivity index is 1.74. The number of fused-ring (bicyclic) bond motifs is 2. The maximum atomic E-state index is 13.5. The molecule has 1 fully saturated rings. The number of likely N-dealkylation sites (N-methyl/N-ethyl adjacent to an activating group) is 2. The fourth-order valence-corrected chi connectivity index (χ4v) is 4.98. The Hall–Kier alpha value is -3.83. The van der Waals surface area contributed by atoms with Crippen LogP contribution in [0.1, 0.15) is 47.6 Å². The zero-order valence-corrected chi connectivity index (χ0v) is 20.2. The summed E-state index contributed by atoms with van der Waals surface area (Å²) in [5.41, 5.74) is -2.23. The van der Waals surface area contributed by atoms with Gasteiger partial charge in [-0.05, 0) is 49.3 Å². The molecule has 1 saturated carbocycles. The molecule has 3 aliphatic rings. The fraction of sp³-hybridized carbons (Fsp3) is 0.458. The minimum absolute atomic E-state index is 0.111. The number of hydrogen-bond acceptors (Lipinski definition) is 6. The summed E-state index contributed by atoms with van der Waals surface area (Å²) in [6.07, 6.45) is 2.17. The predicted molar refractivity (Wildman–Crippen MR) is 123 cm³/mol. The number of benzene rings is 1. The number of aromatic hydroxyl groups is 1. The summed E-state index contributed by atoms with van der Waals surface area (Å²) in [7, 11) is 4.39. The van der Waals surface area contributed by atoms with Crippen molar-refractivity contribution in [2.45, 2.75) is 44.3 Å². The maximum absolute atomic E-state index is 13.5. The lowest BCUT2D eigenvalue weighted by molar-refractivity contribution is -0.154. The molecule has 2 aliphatic heterocycles. The van der Waals surface area contributed by atoms with Crippen molar-refractivity contribution in [3.63, 3.8) is 0 Å². The molecule has 2 N–H and O–H groups in total. The summed E-state index contributed by atoms with van der Waals surface area (Å²) in [6.45, 7) is 0.0510. The lowest BCUT2D eigenvalue weighted by Gasteiger charge is -2.43. The van der Waals surface area contributed by atoms with Gasteiger partial charge in [0.25, 0.3) is 11.5 Å². The number of aromatic nitrogens is 2. The Morgan fingerprint density at radius 1 is 1.14 bits per heavy atom. The van der Waals surface area contributed by atoms with E-state index in [-0.39, 0.29) is 30.4 Å². The molecule has 12 heteroatoms. The van der Waals surface area contributed by atoms with Crippen LogP contribution in [0.4, 0.5) is 8.78 Å². The third-order valence-electron chi connectivity index (χ3n) is 7.12. The minimum atomic E-state index is -1.13. The van der Waals surface area contributed by atoms with Crippen LogP contribution in [0, 0.1) is 17.6 Å². The molecule has 2 bridgehead atoms. The van der Waals surface area contributed by atoms with E-state index in [2.05, 4.69) is 10.3 Å². The van der Waals surface area contributed by atoms with Gasteiger partial charge in [0.1, 0.15) is 11.4 Å². The van der Waals surface area contributed by atoms with Crippen molar-refractivity contribution in [3.8, 4) is 5.75 Å². The zero-order valence-electron chi connectivity index (χ0n) is 20.2. The number of nitrogens with one attached hydrogen (secondary N) is 1. The summed E-state index contributed by atoms with van der Waals surface area (Å²) in [6, 6.07) is 3.13. The monoisotopic (exact) mass is 503 g/mol. The Bertz CT molecular complexity index is 1300. The zero-order chi connectivity index (χ0) is 26.4. The van der Waals surface area contributed by atoms with Gasteiger partial charge in [-0.3, -0.25) is 23.7 Å². The first-order valence-corrected chi connectivity index (χ1v) is 11.5. The molecule has 0 spiro atoms. The molecule has 3 amide bonds. The molecule has 10 nitrogen and oxygen atoms in total. The largest absolute Gasteiger partial charge is 0.501 e. The number of amides is 3. The minimum Gasteiger partial charge on any atom is -0.501 e. The summed E-state index contributed by atoms with van der Waals surface area (Å²) >= 11 is 0. The molecule has 0 radical (unpaired) electrons. The topological polar surface area (TPSA) is 125 Å². The molecule has 36 heavy (non-hydrogen) atoms. The summed E-state index contributed by atoms with van der Waals surface area (Å²) in [4.78, 5) is 58.4. The number of carbonyl (C=O) groups excluding carboxylic acids is 3. The van der Waals surface area contributed by atoms with Crippen LogP contribution in [-0.2, 0) is 28.2 Å². The summed E-state index contributed by atoms with van der Waals surface area (Å²) in [5.74, 6) is -5.14. The summed E-state index contributed by atoms with van der Waals surface area (Å²) in [5, 5.41) is 13.0. The highest BCUT2D eigenvalue weighted by Gasteiger charge is 2.50. The van der Waals surface area contributed by atoms with E-state index in [4.69, 9.17) is 0 Å². The van der Waals surface area contributed by atoms with Crippen LogP contribution in [0.15, 0.2) is 23.0 Å². The van der Waals surface area contributed by atoms with Gasteiger partial charge in [-0.2, -0.15) is 0 Å². The molecule has 0 unspecified atom stereocenters. The van der Waals surface area contributed by atoms with Gasteiger partial charge in [-0.25, -0.2) is 13.8 Å². The molecule has 1 aliphatic carbocycles. The van der Waals surface area contributed by atoms with Gasteiger partial charge in [0.2, 0.25) is 5.75 Å². The van der Waals surface area contributed by atoms with E-state index in [1.54, 1.807) is 0 Å². The van der Waals surface area contributed by atoms with Gasteiger partial charge in [0.05, 0.1) is 0 Å². The van der Waals surface area contributed by atoms with Crippen LogP contribution in [0.2, 0.25) is 0 Å². The molecule has 1 aromatic carbocycles. The standard InChI is InChI=1S/C24H27F2N5O5/c1-29(2)21(35)22(36)30(3)24-8-6-13(7-9-24)12-31-20(34)18(32)17(28-23(24)31)19(33)27-11-14-4-5-15(25)16(26)10-14/h4-5,10,13,32H,6-9,11-12H2,1-3H3,(H,27,33). The number of hydrogen-bond donors (Lipinski definition) is 2. The molecular weight excluding hydrogens is 476 g/mol. The third-order valence-corrected chi connectivity index (χ3v) is 7.12. The van der Waals surface area contributed by atoms with Gasteiger partial charge in [-0.15, -0.1) is 0 Å². The molecule has 0 saturated heterocycles. The highest BCUT2D eigenvalue weighted by molar-refractivity contribution is 6.34. The van der Waals surface area contributed by atoms with E-state index in [1.165, 1.54) is 36.7 Å². The van der Waals surface area contributed by atoms with E-state index in [0.717, 1.165) is 17.0 Å². The Kier molecular flexibility index (Phi) is 6.54. The van der Waals surface area contributed by atoms with Gasteiger partial charge in [-0.1, -0.05) is 6.07 Å². The fourth-order valence-electron chi connectivity index (χ4n) is 4.98. The van der Waals surface area contributed by atoms with Crippen molar-refractivity contribution >= 4 is 17.7 Å². The highest BCUT2D eigenvalue weighted by atomic mass is 19.2. The van der Waals surface area contributed by atoms with Crippen LogP contribution < -0.4 is 10.9 Å². The van der Waals surface area contributed by atoms with E-state index >= 15 is 0 Å². The lowest BCUT2D eigenvalue weighted by atomic mass is 9.76. The second-order valence-electron chi connectivity index (χ2n) is 9.52. The van der Waals surface area contributed by atoms with E-state index in [9.17, 15) is 33.1 Å². The summed E-state index contributed by atoms with van der Waals surface area (Å²) < 4.78 is 28.0. The quantitative estimate of drug-likeness (QED) is 0.603. The average Bonchev–Trinajstić information content (AvgIpc) is 3.12. The van der Waals surface area contributed by atoms with E-state index in [1.807, 2.05) is 0 Å². The second-order valence-corrected chi connectivity index (χ2v) is 9.52. The SMILES string of the molecule is CN(C)C(=O)C(=O)N(C)C12CCC(CC1)Cn1c2nc(C(=O)NCc2ccc(F)c(F)c2)c(O)c1=O. The van der Waals surface area contributed by atoms with Crippen LogP contribution in [0.3, 0.4) is 0 Å². The number of carbonyl (C=O) groups is 3. The van der Waals surface area contributed by atoms with Crippen molar-refractivity contribution in [1.82, 2.24) is 24.7 Å². The van der Waals surface area contributed by atoms with Crippen LogP contribution in [0.5, 0.6) is 5.75 Å². The Labute approximate surface area is 205 Å². The van der Waals surface area contributed by atoms with Crippen molar-refractivity contribution in [3.05, 3.63) is 57.3 Å². The number of nitrogens with zero attached hydrogens (tertiary/aromatic N) is 4. The van der Waals surface area contributed by atoms with Crippen molar-refractivity contribution in [2.75, 3.05) is 21.1 Å². The smallest absolute Gasteiger partial charge is 0.312 e. The van der Waals surface area contributed by atoms with Gasteiger partial charge < -0.3 is 20.2 Å². The Morgan fingerprint density at radius 2 is 1.81 bits per heavy atom. The second kappa shape index (κ2) is 9.32. The van der Waals surface area contributed by atoms with E-state index in [0.29, 0.717) is 25.7 Å². The average molecular weight is 504 g/mol. The normalized spacial score (nSPS) is 20.3. The van der Waals surface area contributed by atoms with E-state index < -0.39 is 51.9 Å². The highest BCUT2D eigenvalue weighted by Crippen LogP contribution is 2.46. The van der Waals surface area contributed by atoms with Gasteiger partial charge >= 0.3 is 11.8 Å². The lowest BCUT2D eigenvalue weighted by Crippen LogP contribution is -2.54. The van der Waals surface area contributed by atoms with Crippen LogP contribution >= 0.6 is 0 Å². The third kappa shape index (κ3) is 4.20. The first kappa shape index (κ1) is 25.3. The molecule has 192 valence electrons. The van der Waals surface area contributed by atoms with Gasteiger partial charge in [0, 0.05) is 34.2 Å².